The lowest BCUT2D eigenvalue weighted by atomic mass is 10.2. The highest BCUT2D eigenvalue weighted by atomic mass is 127. The van der Waals surface area contributed by atoms with E-state index in [0.29, 0.717) is 5.02 Å². The maximum absolute atomic E-state index is 11.5. The molecule has 1 aromatic rings. The molecule has 0 radical (unpaired) electrons. The van der Waals surface area contributed by atoms with Gasteiger partial charge in [0.25, 0.3) is 0 Å². The number of rotatable bonds is 5. The molecule has 104 valence electrons. The van der Waals surface area contributed by atoms with Crippen molar-refractivity contribution in [2.75, 3.05) is 19.0 Å². The van der Waals surface area contributed by atoms with Gasteiger partial charge in [-0.2, -0.15) is 0 Å². The predicted octanol–water partition coefficient (Wildman–Crippen LogP) is 2.03. The number of nitrogens with one attached hydrogen (secondary N) is 2. The number of hydrogen-bond donors (Lipinski definition) is 2. The lowest BCUT2D eigenvalue weighted by molar-refractivity contribution is -0.144. The molecule has 0 aliphatic rings. The van der Waals surface area contributed by atoms with Crippen LogP contribution in [-0.2, 0) is 14.3 Å². The van der Waals surface area contributed by atoms with Gasteiger partial charge in [0.1, 0.15) is 6.04 Å². The van der Waals surface area contributed by atoms with E-state index in [-0.39, 0.29) is 12.5 Å². The fraction of sp³-hybridized carbons (Fsp3) is 0.333. The van der Waals surface area contributed by atoms with E-state index >= 15 is 0 Å². The van der Waals surface area contributed by atoms with Gasteiger partial charge in [0.15, 0.2) is 0 Å². The fourth-order valence-electron chi connectivity index (χ4n) is 1.43. The molecule has 0 saturated carbocycles. The molecule has 2 N–H and O–H groups in total. The number of halogens is 2. The first kappa shape index (κ1) is 16.0. The van der Waals surface area contributed by atoms with Crippen LogP contribution < -0.4 is 10.6 Å². The first-order valence-corrected chi connectivity index (χ1v) is 6.93. The summed E-state index contributed by atoms with van der Waals surface area (Å²) in [5.74, 6) is -0.783. The van der Waals surface area contributed by atoms with Crippen molar-refractivity contribution in [1.29, 1.82) is 0 Å². The SMILES string of the molecule is COC(=O)C(CNc1ccc(Cl)cc1I)NC(C)=O. The smallest absolute Gasteiger partial charge is 0.330 e. The summed E-state index contributed by atoms with van der Waals surface area (Å²) in [4.78, 5) is 22.5. The molecule has 0 aliphatic heterocycles. The molecule has 0 aromatic heterocycles. The third-order valence-electron chi connectivity index (χ3n) is 2.29. The van der Waals surface area contributed by atoms with Crippen LogP contribution >= 0.6 is 34.2 Å². The summed E-state index contributed by atoms with van der Waals surface area (Å²) in [5, 5.41) is 6.25. The maximum atomic E-state index is 11.5. The molecule has 7 heteroatoms. The van der Waals surface area contributed by atoms with Gasteiger partial charge in [-0.3, -0.25) is 4.79 Å². The molecule has 1 unspecified atom stereocenters. The Labute approximate surface area is 130 Å². The molecule has 1 amide bonds. The molecular weight excluding hydrogens is 383 g/mol. The first-order chi connectivity index (χ1) is 8.93. The van der Waals surface area contributed by atoms with Crippen molar-refractivity contribution < 1.29 is 14.3 Å². The third-order valence-corrected chi connectivity index (χ3v) is 3.42. The zero-order valence-electron chi connectivity index (χ0n) is 10.5. The fourth-order valence-corrected chi connectivity index (χ4v) is 2.49. The Morgan fingerprint density at radius 1 is 1.47 bits per heavy atom. The van der Waals surface area contributed by atoms with Gasteiger partial charge in [-0.25, -0.2) is 4.79 Å². The lowest BCUT2D eigenvalue weighted by Gasteiger charge is -2.17. The maximum Gasteiger partial charge on any atom is 0.330 e. The van der Waals surface area contributed by atoms with E-state index in [0.717, 1.165) is 9.26 Å². The highest BCUT2D eigenvalue weighted by Crippen LogP contribution is 2.22. The van der Waals surface area contributed by atoms with Gasteiger partial charge in [0.2, 0.25) is 5.91 Å². The van der Waals surface area contributed by atoms with Crippen LogP contribution in [0.5, 0.6) is 0 Å². The third kappa shape index (κ3) is 5.23. The van der Waals surface area contributed by atoms with Crippen molar-refractivity contribution in [2.45, 2.75) is 13.0 Å². The number of anilines is 1. The van der Waals surface area contributed by atoms with Gasteiger partial charge >= 0.3 is 5.97 Å². The van der Waals surface area contributed by atoms with Crippen molar-refractivity contribution >= 4 is 51.8 Å². The zero-order chi connectivity index (χ0) is 14.4. The molecule has 0 saturated heterocycles. The number of carbonyl (C=O) groups excluding carboxylic acids is 2. The summed E-state index contributed by atoms with van der Waals surface area (Å²) >= 11 is 7.99. The summed E-state index contributed by atoms with van der Waals surface area (Å²) < 4.78 is 5.56. The van der Waals surface area contributed by atoms with E-state index in [1.165, 1.54) is 14.0 Å². The molecule has 19 heavy (non-hydrogen) atoms. The van der Waals surface area contributed by atoms with Crippen LogP contribution in [0, 0.1) is 3.57 Å². The molecule has 0 heterocycles. The van der Waals surface area contributed by atoms with Gasteiger partial charge in [0, 0.05) is 27.7 Å². The zero-order valence-corrected chi connectivity index (χ0v) is 13.4. The van der Waals surface area contributed by atoms with E-state index in [2.05, 4.69) is 38.0 Å². The van der Waals surface area contributed by atoms with Gasteiger partial charge in [-0.1, -0.05) is 11.6 Å². The summed E-state index contributed by atoms with van der Waals surface area (Å²) in [7, 11) is 1.28. The Balaban J connectivity index is 2.70. The van der Waals surface area contributed by atoms with Crippen molar-refractivity contribution in [3.05, 3.63) is 26.8 Å². The molecule has 1 aromatic carbocycles. The summed E-state index contributed by atoms with van der Waals surface area (Å²) in [5.41, 5.74) is 0.837. The van der Waals surface area contributed by atoms with Crippen LogP contribution in [0.25, 0.3) is 0 Å². The molecule has 0 bridgehead atoms. The van der Waals surface area contributed by atoms with Gasteiger partial charge in [-0.15, -0.1) is 0 Å². The second kappa shape index (κ2) is 7.54. The van der Waals surface area contributed by atoms with Crippen molar-refractivity contribution in [3.63, 3.8) is 0 Å². The monoisotopic (exact) mass is 396 g/mol. The van der Waals surface area contributed by atoms with Gasteiger partial charge in [0.05, 0.1) is 7.11 Å². The van der Waals surface area contributed by atoms with Crippen LogP contribution in [-0.4, -0.2) is 31.6 Å². The van der Waals surface area contributed by atoms with Crippen molar-refractivity contribution in [1.82, 2.24) is 5.32 Å². The topological polar surface area (TPSA) is 67.4 Å². The Bertz CT molecular complexity index is 482. The van der Waals surface area contributed by atoms with E-state index in [4.69, 9.17) is 11.6 Å². The molecule has 0 aliphatic carbocycles. The number of methoxy groups -OCH3 is 1. The van der Waals surface area contributed by atoms with E-state index in [9.17, 15) is 9.59 Å². The minimum atomic E-state index is -0.728. The predicted molar refractivity (Wildman–Crippen MR) is 82.3 cm³/mol. The van der Waals surface area contributed by atoms with Crippen molar-refractivity contribution in [3.8, 4) is 0 Å². The Hall–Kier alpha value is -1.02. The first-order valence-electron chi connectivity index (χ1n) is 5.48. The number of carbonyl (C=O) groups is 2. The standard InChI is InChI=1S/C12H14ClIN2O3/c1-7(17)16-11(12(18)19-2)6-15-10-4-3-8(13)5-9(10)14/h3-5,11,15H,6H2,1-2H3,(H,16,17). The highest BCUT2D eigenvalue weighted by Gasteiger charge is 2.19. The molecule has 0 fully saturated rings. The normalized spacial score (nSPS) is 11.6. The van der Waals surface area contributed by atoms with Crippen LogP contribution in [0.4, 0.5) is 5.69 Å². The Morgan fingerprint density at radius 3 is 2.68 bits per heavy atom. The van der Waals surface area contributed by atoms with E-state index < -0.39 is 12.0 Å². The summed E-state index contributed by atoms with van der Waals surface area (Å²) in [6.45, 7) is 1.59. The Morgan fingerprint density at radius 2 is 2.16 bits per heavy atom. The van der Waals surface area contributed by atoms with Gasteiger partial charge < -0.3 is 15.4 Å². The molecule has 1 atom stereocenters. The second-order valence-corrected chi connectivity index (χ2v) is 5.38. The van der Waals surface area contributed by atoms with Crippen LogP contribution in [0.2, 0.25) is 5.02 Å². The van der Waals surface area contributed by atoms with Crippen LogP contribution in [0.1, 0.15) is 6.92 Å². The number of ether oxygens (including phenoxy) is 1. The highest BCUT2D eigenvalue weighted by molar-refractivity contribution is 14.1. The quantitative estimate of drug-likeness (QED) is 0.590. The minimum absolute atomic E-state index is 0.240. The van der Waals surface area contributed by atoms with Gasteiger partial charge in [-0.05, 0) is 40.8 Å². The molecule has 0 spiro atoms. The summed E-state index contributed by atoms with van der Waals surface area (Å²) in [6, 6.07) is 4.63. The van der Waals surface area contributed by atoms with E-state index in [1.807, 2.05) is 6.07 Å². The van der Waals surface area contributed by atoms with E-state index in [1.54, 1.807) is 12.1 Å². The molecule has 5 nitrogen and oxygen atoms in total. The average Bonchev–Trinajstić information content (AvgIpc) is 2.34. The van der Waals surface area contributed by atoms with Crippen molar-refractivity contribution in [2.24, 2.45) is 0 Å². The van der Waals surface area contributed by atoms with Crippen LogP contribution in [0.15, 0.2) is 18.2 Å². The largest absolute Gasteiger partial charge is 0.467 e. The lowest BCUT2D eigenvalue weighted by Crippen LogP contribution is -2.45. The summed E-state index contributed by atoms with van der Waals surface area (Å²) in [6.07, 6.45) is 0. The number of esters is 1. The van der Waals surface area contributed by atoms with Crippen LogP contribution in [0.3, 0.4) is 0 Å². The number of hydrogen-bond acceptors (Lipinski definition) is 4. The molecule has 1 rings (SSSR count). The Kier molecular flexibility index (Phi) is 6.36. The number of benzene rings is 1. The minimum Gasteiger partial charge on any atom is -0.467 e. The number of amides is 1. The average molecular weight is 397 g/mol. The second-order valence-electron chi connectivity index (χ2n) is 3.78. The molecular formula is C12H14ClIN2O3.